The molecule has 2 aromatic rings. The molecule has 1 amide bonds. The summed E-state index contributed by atoms with van der Waals surface area (Å²) in [6, 6.07) is 11.8. The van der Waals surface area contributed by atoms with Crippen LogP contribution in [0.15, 0.2) is 36.4 Å². The van der Waals surface area contributed by atoms with Crippen LogP contribution in [-0.4, -0.2) is 28.7 Å². The van der Waals surface area contributed by atoms with Gasteiger partial charge in [-0.15, -0.1) is 0 Å². The van der Waals surface area contributed by atoms with Crippen LogP contribution in [0.5, 0.6) is 0 Å². The summed E-state index contributed by atoms with van der Waals surface area (Å²) in [4.78, 5) is 12.1. The van der Waals surface area contributed by atoms with E-state index in [2.05, 4.69) is 35.9 Å². The van der Waals surface area contributed by atoms with E-state index in [4.69, 9.17) is 5.11 Å². The minimum Gasteiger partial charge on any atom is -0.396 e. The highest BCUT2D eigenvalue weighted by Gasteiger charge is 2.09. The summed E-state index contributed by atoms with van der Waals surface area (Å²) in [7, 11) is 0. The average molecular weight is 300 g/mol. The topological polar surface area (TPSA) is 54.3 Å². The molecule has 0 saturated heterocycles. The quantitative estimate of drug-likeness (QED) is 0.862. The van der Waals surface area contributed by atoms with Crippen molar-refractivity contribution in [2.24, 2.45) is 5.92 Å². The molecule has 2 N–H and O–H groups in total. The van der Waals surface area contributed by atoms with E-state index in [-0.39, 0.29) is 18.4 Å². The Kier molecular flexibility index (Phi) is 5.39. The van der Waals surface area contributed by atoms with Crippen molar-refractivity contribution in [3.8, 4) is 5.69 Å². The van der Waals surface area contributed by atoms with Gasteiger partial charge in [0.05, 0.1) is 0 Å². The molecule has 2 rings (SSSR count). The summed E-state index contributed by atoms with van der Waals surface area (Å²) < 4.78 is 2.16. The van der Waals surface area contributed by atoms with Gasteiger partial charge in [0.25, 0.3) is 5.91 Å². The number of aliphatic hydroxyl groups is 1. The summed E-state index contributed by atoms with van der Waals surface area (Å²) in [6.45, 7) is 6.88. The van der Waals surface area contributed by atoms with Gasteiger partial charge < -0.3 is 15.0 Å². The molecule has 1 aromatic carbocycles. The van der Waals surface area contributed by atoms with Crippen LogP contribution in [0.4, 0.5) is 0 Å². The maximum atomic E-state index is 12.1. The van der Waals surface area contributed by atoms with Crippen molar-refractivity contribution in [3.63, 3.8) is 0 Å². The zero-order valence-corrected chi connectivity index (χ0v) is 13.5. The molecule has 0 aliphatic carbocycles. The lowest BCUT2D eigenvalue weighted by molar-refractivity contribution is 0.0945. The Bertz CT molecular complexity index is 610. The predicted molar refractivity (Wildman–Crippen MR) is 88.4 cm³/mol. The van der Waals surface area contributed by atoms with Crippen molar-refractivity contribution in [1.82, 2.24) is 9.88 Å². The second-order valence-electron chi connectivity index (χ2n) is 5.83. The number of hydrogen-bond acceptors (Lipinski definition) is 2. The van der Waals surface area contributed by atoms with Gasteiger partial charge in [-0.1, -0.05) is 6.92 Å². The van der Waals surface area contributed by atoms with Gasteiger partial charge in [-0.05, 0) is 62.6 Å². The summed E-state index contributed by atoms with van der Waals surface area (Å²) in [6.07, 6.45) is 0.700. The van der Waals surface area contributed by atoms with Crippen molar-refractivity contribution < 1.29 is 9.90 Å². The van der Waals surface area contributed by atoms with Gasteiger partial charge in [-0.25, -0.2) is 0 Å². The van der Waals surface area contributed by atoms with E-state index in [9.17, 15) is 4.79 Å². The molecule has 0 radical (unpaired) electrons. The van der Waals surface area contributed by atoms with Crippen LogP contribution in [0.2, 0.25) is 0 Å². The number of nitrogens with one attached hydrogen (secondary N) is 1. The van der Waals surface area contributed by atoms with E-state index >= 15 is 0 Å². The molecular weight excluding hydrogens is 276 g/mol. The SMILES string of the molecule is Cc1ccc(C)n1-c1ccc(C(=O)NCC(C)CCO)cc1. The fourth-order valence-corrected chi connectivity index (χ4v) is 2.53. The van der Waals surface area contributed by atoms with Gasteiger partial charge in [0, 0.05) is 35.8 Å². The third-order valence-corrected chi connectivity index (χ3v) is 3.89. The molecule has 22 heavy (non-hydrogen) atoms. The van der Waals surface area contributed by atoms with Gasteiger partial charge in [0.15, 0.2) is 0 Å². The van der Waals surface area contributed by atoms with E-state index in [1.165, 1.54) is 11.4 Å². The van der Waals surface area contributed by atoms with Crippen LogP contribution in [-0.2, 0) is 0 Å². The molecule has 1 heterocycles. The number of aliphatic hydroxyl groups excluding tert-OH is 1. The Morgan fingerprint density at radius 3 is 2.27 bits per heavy atom. The summed E-state index contributed by atoms with van der Waals surface area (Å²) >= 11 is 0. The molecule has 1 atom stereocenters. The number of carbonyl (C=O) groups is 1. The second kappa shape index (κ2) is 7.27. The molecule has 0 aliphatic rings. The Morgan fingerprint density at radius 1 is 1.14 bits per heavy atom. The molecule has 0 saturated carbocycles. The lowest BCUT2D eigenvalue weighted by atomic mass is 10.1. The molecule has 1 unspecified atom stereocenters. The van der Waals surface area contributed by atoms with E-state index < -0.39 is 0 Å². The minimum atomic E-state index is -0.0720. The molecule has 1 aromatic heterocycles. The number of aromatic nitrogens is 1. The van der Waals surface area contributed by atoms with Gasteiger partial charge in [0.2, 0.25) is 0 Å². The first-order chi connectivity index (χ1) is 10.5. The maximum absolute atomic E-state index is 12.1. The number of benzene rings is 1. The normalized spacial score (nSPS) is 12.2. The molecule has 4 nitrogen and oxygen atoms in total. The first-order valence-electron chi connectivity index (χ1n) is 7.67. The number of carbonyl (C=O) groups excluding carboxylic acids is 1. The van der Waals surface area contributed by atoms with Gasteiger partial charge >= 0.3 is 0 Å². The van der Waals surface area contributed by atoms with Crippen LogP contribution < -0.4 is 5.32 Å². The minimum absolute atomic E-state index is 0.0720. The first kappa shape index (κ1) is 16.3. The highest BCUT2D eigenvalue weighted by atomic mass is 16.3. The third kappa shape index (κ3) is 3.77. The van der Waals surface area contributed by atoms with Crippen LogP contribution >= 0.6 is 0 Å². The Hall–Kier alpha value is -2.07. The van der Waals surface area contributed by atoms with Gasteiger partial charge in [0.1, 0.15) is 0 Å². The highest BCUT2D eigenvalue weighted by molar-refractivity contribution is 5.94. The number of nitrogens with zero attached hydrogens (tertiary/aromatic N) is 1. The summed E-state index contributed by atoms with van der Waals surface area (Å²) in [5.74, 6) is 0.204. The smallest absolute Gasteiger partial charge is 0.251 e. The first-order valence-corrected chi connectivity index (χ1v) is 7.67. The highest BCUT2D eigenvalue weighted by Crippen LogP contribution is 2.16. The largest absolute Gasteiger partial charge is 0.396 e. The zero-order chi connectivity index (χ0) is 16.1. The molecular formula is C18H24N2O2. The lowest BCUT2D eigenvalue weighted by Gasteiger charge is -2.12. The monoisotopic (exact) mass is 300 g/mol. The predicted octanol–water partition coefficient (Wildman–Crippen LogP) is 2.84. The van der Waals surface area contributed by atoms with Crippen LogP contribution in [0.3, 0.4) is 0 Å². The van der Waals surface area contributed by atoms with Crippen LogP contribution in [0.1, 0.15) is 35.1 Å². The third-order valence-electron chi connectivity index (χ3n) is 3.89. The number of hydrogen-bond donors (Lipinski definition) is 2. The van der Waals surface area contributed by atoms with Crippen molar-refractivity contribution >= 4 is 5.91 Å². The van der Waals surface area contributed by atoms with E-state index in [0.717, 1.165) is 5.69 Å². The van der Waals surface area contributed by atoms with Crippen LogP contribution in [0.25, 0.3) is 5.69 Å². The van der Waals surface area contributed by atoms with Crippen molar-refractivity contribution in [1.29, 1.82) is 0 Å². The molecule has 0 spiro atoms. The van der Waals surface area contributed by atoms with E-state index in [1.807, 2.05) is 31.2 Å². The zero-order valence-electron chi connectivity index (χ0n) is 13.5. The molecule has 0 fully saturated rings. The van der Waals surface area contributed by atoms with E-state index in [1.54, 1.807) is 0 Å². The molecule has 118 valence electrons. The van der Waals surface area contributed by atoms with Crippen molar-refractivity contribution in [3.05, 3.63) is 53.3 Å². The standard InChI is InChI=1S/C18H24N2O2/c1-13(10-11-21)12-19-18(22)16-6-8-17(9-7-16)20-14(2)4-5-15(20)3/h4-9,13,21H,10-12H2,1-3H3,(H,19,22). The fraction of sp³-hybridized carbons (Fsp3) is 0.389. The van der Waals surface area contributed by atoms with Crippen molar-refractivity contribution in [2.75, 3.05) is 13.2 Å². The number of amides is 1. The fourth-order valence-electron chi connectivity index (χ4n) is 2.53. The Balaban J connectivity index is 2.04. The molecule has 4 heteroatoms. The van der Waals surface area contributed by atoms with Crippen LogP contribution in [0, 0.1) is 19.8 Å². The summed E-state index contributed by atoms with van der Waals surface area (Å²) in [5.41, 5.74) is 4.06. The van der Waals surface area contributed by atoms with E-state index in [0.29, 0.717) is 18.5 Å². The molecule has 0 aliphatic heterocycles. The number of rotatable bonds is 6. The lowest BCUT2D eigenvalue weighted by Crippen LogP contribution is -2.28. The average Bonchev–Trinajstić information content (AvgIpc) is 2.84. The van der Waals surface area contributed by atoms with Gasteiger partial charge in [-0.2, -0.15) is 0 Å². The Morgan fingerprint density at radius 2 is 1.73 bits per heavy atom. The number of aryl methyl sites for hydroxylation is 2. The second-order valence-corrected chi connectivity index (χ2v) is 5.83. The summed E-state index contributed by atoms with van der Waals surface area (Å²) in [5, 5.41) is 11.8. The van der Waals surface area contributed by atoms with Crippen molar-refractivity contribution in [2.45, 2.75) is 27.2 Å². The maximum Gasteiger partial charge on any atom is 0.251 e. The van der Waals surface area contributed by atoms with Gasteiger partial charge in [-0.3, -0.25) is 4.79 Å². The Labute approximate surface area is 131 Å². The molecule has 0 bridgehead atoms.